The van der Waals surface area contributed by atoms with Crippen LogP contribution in [0.5, 0.6) is 0 Å². The van der Waals surface area contributed by atoms with Crippen molar-refractivity contribution in [1.82, 2.24) is 5.32 Å². The van der Waals surface area contributed by atoms with Crippen LogP contribution in [-0.4, -0.2) is 23.4 Å². The Morgan fingerprint density at radius 3 is 2.08 bits per heavy atom. The number of nitrogens with one attached hydrogen (secondary N) is 1. The van der Waals surface area contributed by atoms with Crippen LogP contribution in [0.2, 0.25) is 0 Å². The fourth-order valence-corrected chi connectivity index (χ4v) is 0.483. The zero-order chi connectivity index (χ0) is 9.94. The maximum absolute atomic E-state index is 11.0. The molecular weight excluding hydrogens is 158 g/mol. The fourth-order valence-electron chi connectivity index (χ4n) is 0.483. The number of carbonyl (C=O) groups excluding carboxylic acids is 2. The van der Waals surface area contributed by atoms with Crippen molar-refractivity contribution < 1.29 is 9.59 Å². The predicted octanol–water partition coefficient (Wildman–Crippen LogP) is -1.29. The SMILES string of the molecule is C[C@H](N)C(=O)NC(C)(C)C(N)=O. The van der Waals surface area contributed by atoms with E-state index in [4.69, 9.17) is 11.5 Å². The van der Waals surface area contributed by atoms with Crippen LogP contribution in [0.15, 0.2) is 0 Å². The number of rotatable bonds is 3. The Balaban J connectivity index is 4.25. The highest BCUT2D eigenvalue weighted by Gasteiger charge is 2.27. The molecule has 0 rings (SSSR count). The second-order valence-corrected chi connectivity index (χ2v) is 3.27. The molecule has 5 nitrogen and oxygen atoms in total. The van der Waals surface area contributed by atoms with Crippen LogP contribution in [0.1, 0.15) is 20.8 Å². The van der Waals surface area contributed by atoms with Crippen LogP contribution >= 0.6 is 0 Å². The Bertz CT molecular complexity index is 199. The summed E-state index contributed by atoms with van der Waals surface area (Å²) in [6.45, 7) is 4.58. The molecule has 0 saturated carbocycles. The lowest BCUT2D eigenvalue weighted by molar-refractivity contribution is -0.130. The molecular formula is C7H15N3O2. The van der Waals surface area contributed by atoms with Crippen LogP contribution in [0.3, 0.4) is 0 Å². The third-order valence-corrected chi connectivity index (χ3v) is 1.47. The quantitative estimate of drug-likeness (QED) is 0.495. The molecule has 0 unspecified atom stereocenters. The van der Waals surface area contributed by atoms with E-state index >= 15 is 0 Å². The molecule has 70 valence electrons. The van der Waals surface area contributed by atoms with Gasteiger partial charge in [-0.15, -0.1) is 0 Å². The number of carbonyl (C=O) groups is 2. The van der Waals surface area contributed by atoms with E-state index in [1.807, 2.05) is 0 Å². The van der Waals surface area contributed by atoms with Crippen molar-refractivity contribution in [2.24, 2.45) is 11.5 Å². The van der Waals surface area contributed by atoms with E-state index in [-0.39, 0.29) is 5.91 Å². The van der Waals surface area contributed by atoms with Gasteiger partial charge in [0.1, 0.15) is 5.54 Å². The van der Waals surface area contributed by atoms with E-state index < -0.39 is 17.5 Å². The summed E-state index contributed by atoms with van der Waals surface area (Å²) < 4.78 is 0. The molecule has 0 aliphatic carbocycles. The highest BCUT2D eigenvalue weighted by atomic mass is 16.2. The van der Waals surface area contributed by atoms with Gasteiger partial charge in [0.15, 0.2) is 0 Å². The number of amides is 2. The lowest BCUT2D eigenvalue weighted by atomic mass is 10.0. The van der Waals surface area contributed by atoms with E-state index in [9.17, 15) is 9.59 Å². The van der Waals surface area contributed by atoms with Crippen molar-refractivity contribution in [3.63, 3.8) is 0 Å². The van der Waals surface area contributed by atoms with E-state index in [2.05, 4.69) is 5.32 Å². The number of hydrogen-bond donors (Lipinski definition) is 3. The third-order valence-electron chi connectivity index (χ3n) is 1.47. The maximum atomic E-state index is 11.0. The summed E-state index contributed by atoms with van der Waals surface area (Å²) >= 11 is 0. The first-order valence-corrected chi connectivity index (χ1v) is 3.65. The minimum absolute atomic E-state index is 0.390. The summed E-state index contributed by atoms with van der Waals surface area (Å²) in [5.41, 5.74) is 9.27. The standard InChI is InChI=1S/C7H15N3O2/c1-4(8)5(11)10-7(2,3)6(9)12/h4H,8H2,1-3H3,(H2,9,12)(H,10,11)/t4-/m0/s1. The van der Waals surface area contributed by atoms with Crippen LogP contribution in [0, 0.1) is 0 Å². The number of hydrogen-bond acceptors (Lipinski definition) is 3. The second kappa shape index (κ2) is 3.53. The van der Waals surface area contributed by atoms with Crippen LogP contribution in [0.4, 0.5) is 0 Å². The molecule has 0 aromatic carbocycles. The van der Waals surface area contributed by atoms with Crippen molar-refractivity contribution in [2.45, 2.75) is 32.4 Å². The lowest BCUT2D eigenvalue weighted by Crippen LogP contribution is -2.56. The monoisotopic (exact) mass is 173 g/mol. The van der Waals surface area contributed by atoms with Crippen molar-refractivity contribution in [1.29, 1.82) is 0 Å². The summed E-state index contributed by atoms with van der Waals surface area (Å²) in [6.07, 6.45) is 0. The minimum atomic E-state index is -1.04. The number of nitrogens with two attached hydrogens (primary N) is 2. The molecule has 0 aliphatic rings. The van der Waals surface area contributed by atoms with Gasteiger partial charge in [-0.05, 0) is 20.8 Å². The molecule has 0 radical (unpaired) electrons. The predicted molar refractivity (Wildman–Crippen MR) is 45.1 cm³/mol. The van der Waals surface area contributed by atoms with E-state index in [0.717, 1.165) is 0 Å². The van der Waals surface area contributed by atoms with Gasteiger partial charge in [-0.3, -0.25) is 9.59 Å². The Kier molecular flexibility index (Phi) is 3.21. The Morgan fingerprint density at radius 1 is 1.42 bits per heavy atom. The molecule has 12 heavy (non-hydrogen) atoms. The molecule has 0 aliphatic heterocycles. The first kappa shape index (κ1) is 10.9. The van der Waals surface area contributed by atoms with Gasteiger partial charge in [0.25, 0.3) is 0 Å². The zero-order valence-electron chi connectivity index (χ0n) is 7.55. The van der Waals surface area contributed by atoms with Crippen molar-refractivity contribution >= 4 is 11.8 Å². The average molecular weight is 173 g/mol. The smallest absolute Gasteiger partial charge is 0.242 e. The summed E-state index contributed by atoms with van der Waals surface area (Å²) in [5.74, 6) is -0.977. The lowest BCUT2D eigenvalue weighted by Gasteiger charge is -2.23. The Hall–Kier alpha value is -1.10. The second-order valence-electron chi connectivity index (χ2n) is 3.27. The van der Waals surface area contributed by atoms with Crippen molar-refractivity contribution in [3.8, 4) is 0 Å². The molecule has 0 bridgehead atoms. The van der Waals surface area contributed by atoms with E-state index in [1.54, 1.807) is 0 Å². The van der Waals surface area contributed by atoms with Crippen LogP contribution in [0.25, 0.3) is 0 Å². The van der Waals surface area contributed by atoms with Crippen LogP contribution in [-0.2, 0) is 9.59 Å². The average Bonchev–Trinajstić information content (AvgIpc) is 1.85. The molecule has 0 saturated heterocycles. The van der Waals surface area contributed by atoms with E-state index in [0.29, 0.717) is 0 Å². The fraction of sp³-hybridized carbons (Fsp3) is 0.714. The van der Waals surface area contributed by atoms with Crippen molar-refractivity contribution in [2.75, 3.05) is 0 Å². The maximum Gasteiger partial charge on any atom is 0.242 e. The normalized spacial score (nSPS) is 13.7. The molecule has 0 aromatic heterocycles. The first-order valence-electron chi connectivity index (χ1n) is 3.65. The molecule has 5 heteroatoms. The Labute approximate surface area is 71.5 Å². The molecule has 2 amide bonds. The van der Waals surface area contributed by atoms with Gasteiger partial charge in [-0.1, -0.05) is 0 Å². The van der Waals surface area contributed by atoms with Crippen LogP contribution < -0.4 is 16.8 Å². The molecule has 5 N–H and O–H groups in total. The summed E-state index contributed by atoms with van der Waals surface area (Å²) in [7, 11) is 0. The van der Waals surface area contributed by atoms with Gasteiger partial charge >= 0.3 is 0 Å². The molecule has 0 heterocycles. The van der Waals surface area contributed by atoms with Gasteiger partial charge in [0.05, 0.1) is 6.04 Å². The molecule has 0 spiro atoms. The molecule has 0 fully saturated rings. The molecule has 1 atom stereocenters. The zero-order valence-corrected chi connectivity index (χ0v) is 7.55. The van der Waals surface area contributed by atoms with Gasteiger partial charge < -0.3 is 16.8 Å². The minimum Gasteiger partial charge on any atom is -0.368 e. The highest BCUT2D eigenvalue weighted by Crippen LogP contribution is 1.99. The number of primary amides is 1. The largest absolute Gasteiger partial charge is 0.368 e. The highest BCUT2D eigenvalue weighted by molar-refractivity contribution is 5.91. The van der Waals surface area contributed by atoms with Crippen molar-refractivity contribution in [3.05, 3.63) is 0 Å². The summed E-state index contributed by atoms with van der Waals surface area (Å²) in [4.78, 5) is 21.8. The topological polar surface area (TPSA) is 98.2 Å². The van der Waals surface area contributed by atoms with Gasteiger partial charge in [0, 0.05) is 0 Å². The van der Waals surface area contributed by atoms with Gasteiger partial charge in [-0.2, -0.15) is 0 Å². The Morgan fingerprint density at radius 2 is 1.83 bits per heavy atom. The summed E-state index contributed by atoms with van der Waals surface area (Å²) in [5, 5.41) is 2.42. The summed E-state index contributed by atoms with van der Waals surface area (Å²) in [6, 6.07) is -0.636. The van der Waals surface area contributed by atoms with Gasteiger partial charge in [0.2, 0.25) is 11.8 Å². The molecule has 0 aromatic rings. The third kappa shape index (κ3) is 2.87. The first-order chi connectivity index (χ1) is 5.27. The van der Waals surface area contributed by atoms with E-state index in [1.165, 1.54) is 20.8 Å². The van der Waals surface area contributed by atoms with Gasteiger partial charge in [-0.25, -0.2) is 0 Å².